The molecule has 0 unspecified atom stereocenters. The van der Waals surface area contributed by atoms with Crippen LogP contribution < -0.4 is 10.6 Å². The lowest BCUT2D eigenvalue weighted by Gasteiger charge is -2.20. The Morgan fingerprint density at radius 3 is 2.55 bits per heavy atom. The molecule has 1 amide bonds. The zero-order valence-electron chi connectivity index (χ0n) is 12.7. The number of amides is 1. The summed E-state index contributed by atoms with van der Waals surface area (Å²) in [5, 5.41) is 5.53. The molecule has 0 heterocycles. The average Bonchev–Trinajstić information content (AvgIpc) is 2.42. The third-order valence-electron chi connectivity index (χ3n) is 3.11. The SMILES string of the molecule is C#CCNC(=O)[C@H](C)N[C@H](C)c1ccc(S(C)(=O)=O)c(F)c1. The second-order valence-electron chi connectivity index (χ2n) is 4.99. The molecule has 0 saturated carbocycles. The molecule has 0 radical (unpaired) electrons. The van der Waals surface area contributed by atoms with Crippen molar-refractivity contribution in [2.45, 2.75) is 30.8 Å². The first-order valence-corrected chi connectivity index (χ1v) is 8.52. The number of nitrogens with one attached hydrogen (secondary N) is 2. The summed E-state index contributed by atoms with van der Waals surface area (Å²) >= 11 is 0. The molecule has 0 fully saturated rings. The summed E-state index contributed by atoms with van der Waals surface area (Å²) in [6, 6.07) is 3.03. The number of rotatable bonds is 6. The molecule has 22 heavy (non-hydrogen) atoms. The van der Waals surface area contributed by atoms with Gasteiger partial charge in [0.1, 0.15) is 10.7 Å². The highest BCUT2D eigenvalue weighted by atomic mass is 32.2. The minimum absolute atomic E-state index is 0.136. The number of sulfone groups is 1. The number of hydrogen-bond donors (Lipinski definition) is 2. The van der Waals surface area contributed by atoms with Crippen LogP contribution in [-0.2, 0) is 14.6 Å². The van der Waals surface area contributed by atoms with Gasteiger partial charge in [-0.2, -0.15) is 0 Å². The number of hydrogen-bond acceptors (Lipinski definition) is 4. The number of terminal acetylenes is 1. The van der Waals surface area contributed by atoms with Gasteiger partial charge in [0, 0.05) is 12.3 Å². The fraction of sp³-hybridized carbons (Fsp3) is 0.400. The predicted octanol–water partition coefficient (Wildman–Crippen LogP) is 1.02. The summed E-state index contributed by atoms with van der Waals surface area (Å²) in [5.74, 6) is 1.23. The van der Waals surface area contributed by atoms with Gasteiger partial charge in [-0.15, -0.1) is 6.42 Å². The molecule has 2 atom stereocenters. The Hall–Kier alpha value is -1.91. The molecular weight excluding hydrogens is 307 g/mol. The van der Waals surface area contributed by atoms with Gasteiger partial charge in [0.2, 0.25) is 5.91 Å². The van der Waals surface area contributed by atoms with Crippen molar-refractivity contribution in [2.24, 2.45) is 0 Å². The van der Waals surface area contributed by atoms with Gasteiger partial charge in [-0.05, 0) is 31.5 Å². The van der Waals surface area contributed by atoms with E-state index in [2.05, 4.69) is 16.6 Å². The predicted molar refractivity (Wildman–Crippen MR) is 82.4 cm³/mol. The highest BCUT2D eigenvalue weighted by Crippen LogP contribution is 2.20. The minimum Gasteiger partial charge on any atom is -0.344 e. The van der Waals surface area contributed by atoms with E-state index in [0.717, 1.165) is 12.3 Å². The Morgan fingerprint density at radius 1 is 1.41 bits per heavy atom. The second-order valence-corrected chi connectivity index (χ2v) is 6.98. The molecule has 2 N–H and O–H groups in total. The molecule has 0 aliphatic heterocycles. The van der Waals surface area contributed by atoms with Gasteiger partial charge in [0.15, 0.2) is 9.84 Å². The van der Waals surface area contributed by atoms with E-state index >= 15 is 0 Å². The summed E-state index contributed by atoms with van der Waals surface area (Å²) in [6.07, 6.45) is 6.01. The molecule has 1 aromatic rings. The summed E-state index contributed by atoms with van der Waals surface area (Å²) < 4.78 is 36.6. The third-order valence-corrected chi connectivity index (χ3v) is 4.24. The van der Waals surface area contributed by atoms with Crippen molar-refractivity contribution in [3.05, 3.63) is 29.6 Å². The van der Waals surface area contributed by atoms with Crippen LogP contribution in [0.5, 0.6) is 0 Å². The quantitative estimate of drug-likeness (QED) is 0.765. The molecule has 0 saturated heterocycles. The third kappa shape index (κ3) is 4.83. The molecule has 0 aliphatic carbocycles. The monoisotopic (exact) mass is 326 g/mol. The summed E-state index contributed by atoms with van der Waals surface area (Å²) in [4.78, 5) is 11.4. The standard InChI is InChI=1S/C15H19FN2O3S/c1-5-8-17-15(19)11(3)18-10(2)12-6-7-14(13(16)9-12)22(4,20)21/h1,6-7,9-11,18H,8H2,2-4H3,(H,17,19)/t10-,11+/m1/s1. The van der Waals surface area contributed by atoms with Crippen LogP contribution in [0.1, 0.15) is 25.5 Å². The normalized spacial score (nSPS) is 14.0. The Morgan fingerprint density at radius 2 is 2.05 bits per heavy atom. The number of benzene rings is 1. The van der Waals surface area contributed by atoms with Gasteiger partial charge in [-0.3, -0.25) is 10.1 Å². The van der Waals surface area contributed by atoms with E-state index in [-0.39, 0.29) is 23.4 Å². The first kappa shape index (κ1) is 18.1. The van der Waals surface area contributed by atoms with Crippen molar-refractivity contribution in [3.8, 4) is 12.3 Å². The Kier molecular flexibility index (Phi) is 6.09. The van der Waals surface area contributed by atoms with Crippen molar-refractivity contribution < 1.29 is 17.6 Å². The van der Waals surface area contributed by atoms with Gasteiger partial charge in [0.05, 0.1) is 12.6 Å². The van der Waals surface area contributed by atoms with E-state index in [1.54, 1.807) is 13.8 Å². The number of carbonyl (C=O) groups excluding carboxylic acids is 1. The number of carbonyl (C=O) groups is 1. The van der Waals surface area contributed by atoms with E-state index in [1.807, 2.05) is 0 Å². The molecular formula is C15H19FN2O3S. The molecule has 7 heteroatoms. The van der Waals surface area contributed by atoms with Crippen molar-refractivity contribution in [1.29, 1.82) is 0 Å². The van der Waals surface area contributed by atoms with Crippen LogP contribution in [0, 0.1) is 18.2 Å². The average molecular weight is 326 g/mol. The van der Waals surface area contributed by atoms with Crippen LogP contribution in [0.15, 0.2) is 23.1 Å². The van der Waals surface area contributed by atoms with Crippen LogP contribution >= 0.6 is 0 Å². The van der Waals surface area contributed by atoms with E-state index in [0.29, 0.717) is 5.56 Å². The van der Waals surface area contributed by atoms with E-state index in [9.17, 15) is 17.6 Å². The Bertz CT molecular complexity index is 695. The molecule has 5 nitrogen and oxygen atoms in total. The van der Waals surface area contributed by atoms with Crippen LogP contribution in [0.3, 0.4) is 0 Å². The minimum atomic E-state index is -3.60. The molecule has 1 aromatic carbocycles. The van der Waals surface area contributed by atoms with Crippen LogP contribution in [0.25, 0.3) is 0 Å². The van der Waals surface area contributed by atoms with E-state index < -0.39 is 21.7 Å². The lowest BCUT2D eigenvalue weighted by molar-refractivity contribution is -0.122. The Labute approximate surface area is 130 Å². The summed E-state index contributed by atoms with van der Waals surface area (Å²) in [7, 11) is -3.60. The number of halogens is 1. The van der Waals surface area contributed by atoms with E-state index in [4.69, 9.17) is 6.42 Å². The Balaban J connectivity index is 2.83. The topological polar surface area (TPSA) is 75.3 Å². The van der Waals surface area contributed by atoms with Gasteiger partial charge in [-0.1, -0.05) is 12.0 Å². The first-order valence-electron chi connectivity index (χ1n) is 6.63. The van der Waals surface area contributed by atoms with Crippen molar-refractivity contribution in [2.75, 3.05) is 12.8 Å². The highest BCUT2D eigenvalue weighted by molar-refractivity contribution is 7.90. The largest absolute Gasteiger partial charge is 0.344 e. The maximum atomic E-state index is 13.9. The maximum absolute atomic E-state index is 13.9. The first-order chi connectivity index (χ1) is 10.2. The van der Waals surface area contributed by atoms with Crippen molar-refractivity contribution >= 4 is 15.7 Å². The maximum Gasteiger partial charge on any atom is 0.237 e. The van der Waals surface area contributed by atoms with Gasteiger partial charge < -0.3 is 5.32 Å². The highest BCUT2D eigenvalue weighted by Gasteiger charge is 2.18. The molecule has 0 bridgehead atoms. The van der Waals surface area contributed by atoms with Gasteiger partial charge >= 0.3 is 0 Å². The lowest BCUT2D eigenvalue weighted by Crippen LogP contribution is -2.43. The molecule has 0 aromatic heterocycles. The van der Waals surface area contributed by atoms with Crippen LogP contribution in [-0.4, -0.2) is 33.2 Å². The fourth-order valence-corrected chi connectivity index (χ4v) is 2.65. The van der Waals surface area contributed by atoms with Crippen LogP contribution in [0.4, 0.5) is 4.39 Å². The van der Waals surface area contributed by atoms with Crippen molar-refractivity contribution in [1.82, 2.24) is 10.6 Å². The molecule has 0 aliphatic rings. The smallest absolute Gasteiger partial charge is 0.237 e. The summed E-state index contributed by atoms with van der Waals surface area (Å²) in [6.45, 7) is 3.54. The second kappa shape index (κ2) is 7.38. The molecule has 1 rings (SSSR count). The molecule has 0 spiro atoms. The zero-order chi connectivity index (χ0) is 16.9. The fourth-order valence-electron chi connectivity index (χ4n) is 1.93. The summed E-state index contributed by atoms with van der Waals surface area (Å²) in [5.41, 5.74) is 0.543. The molecule has 120 valence electrons. The van der Waals surface area contributed by atoms with Crippen molar-refractivity contribution in [3.63, 3.8) is 0 Å². The van der Waals surface area contributed by atoms with E-state index in [1.165, 1.54) is 12.1 Å². The van der Waals surface area contributed by atoms with Gasteiger partial charge in [-0.25, -0.2) is 12.8 Å². The van der Waals surface area contributed by atoms with Gasteiger partial charge in [0.25, 0.3) is 0 Å². The van der Waals surface area contributed by atoms with Crippen LogP contribution in [0.2, 0.25) is 0 Å². The zero-order valence-corrected chi connectivity index (χ0v) is 13.5. The lowest BCUT2D eigenvalue weighted by atomic mass is 10.1.